The zero-order chi connectivity index (χ0) is 28.7. The van der Waals surface area contributed by atoms with E-state index >= 15 is 0 Å². The number of Topliss-reactive ketones (excluding diaryl/α,β-unsaturated/α-hetero) is 1. The molecular formula is C29H32Cl2N6O3. The molecule has 3 fully saturated rings. The van der Waals surface area contributed by atoms with Crippen LogP contribution in [0.1, 0.15) is 61.9 Å². The van der Waals surface area contributed by atoms with Gasteiger partial charge < -0.3 is 10.2 Å². The fraction of sp³-hybridized carbons (Fsp3) is 0.517. The van der Waals surface area contributed by atoms with Crippen molar-refractivity contribution in [3.05, 3.63) is 41.6 Å². The fourth-order valence-electron chi connectivity index (χ4n) is 6.38. The largest absolute Gasteiger partial charge is 0.351 e. The average Bonchev–Trinajstić information content (AvgIpc) is 3.62. The van der Waals surface area contributed by atoms with Crippen LogP contribution in [0.4, 0.5) is 0 Å². The Hall–Kier alpha value is -3.04. The van der Waals surface area contributed by atoms with Gasteiger partial charge in [-0.3, -0.25) is 19.1 Å². The van der Waals surface area contributed by atoms with Gasteiger partial charge in [0.15, 0.2) is 5.78 Å². The number of ketones is 1. The van der Waals surface area contributed by atoms with Gasteiger partial charge in [0, 0.05) is 48.3 Å². The summed E-state index contributed by atoms with van der Waals surface area (Å²) in [5, 5.41) is 8.31. The van der Waals surface area contributed by atoms with Gasteiger partial charge in [0.25, 0.3) is 0 Å². The number of halogens is 2. The molecule has 2 amide bonds. The van der Waals surface area contributed by atoms with Crippen molar-refractivity contribution in [1.29, 1.82) is 0 Å². The normalized spacial score (nSPS) is 26.9. The Labute approximate surface area is 242 Å². The van der Waals surface area contributed by atoms with E-state index in [1.165, 1.54) is 6.92 Å². The Bertz CT molecular complexity index is 1570. The fourth-order valence-corrected chi connectivity index (χ4v) is 7.09. The highest BCUT2D eigenvalue weighted by atomic mass is 35.5. The van der Waals surface area contributed by atoms with E-state index in [1.807, 2.05) is 32.9 Å². The van der Waals surface area contributed by atoms with Crippen molar-refractivity contribution in [2.75, 3.05) is 0 Å². The molecule has 3 aromatic rings. The molecule has 1 N–H and O–H groups in total. The minimum Gasteiger partial charge on any atom is -0.351 e. The lowest BCUT2D eigenvalue weighted by molar-refractivity contribution is -0.140. The first-order valence-corrected chi connectivity index (χ1v) is 14.3. The molecule has 1 aromatic carbocycles. The first kappa shape index (κ1) is 27.1. The van der Waals surface area contributed by atoms with Gasteiger partial charge in [-0.05, 0) is 68.7 Å². The van der Waals surface area contributed by atoms with Crippen LogP contribution < -0.4 is 5.32 Å². The van der Waals surface area contributed by atoms with Crippen molar-refractivity contribution in [2.45, 2.75) is 82.9 Å². The van der Waals surface area contributed by atoms with Crippen LogP contribution in [0.3, 0.4) is 0 Å². The highest BCUT2D eigenvalue weighted by Gasteiger charge is 2.64. The molecule has 40 heavy (non-hydrogen) atoms. The first-order valence-electron chi connectivity index (χ1n) is 13.6. The van der Waals surface area contributed by atoms with E-state index in [2.05, 4.69) is 27.3 Å². The zero-order valence-corrected chi connectivity index (χ0v) is 24.7. The number of piperidine rings is 1. The van der Waals surface area contributed by atoms with Crippen molar-refractivity contribution in [3.63, 3.8) is 0 Å². The van der Waals surface area contributed by atoms with Gasteiger partial charge in [-0.2, -0.15) is 5.10 Å². The van der Waals surface area contributed by atoms with E-state index in [4.69, 9.17) is 23.2 Å². The third-order valence-electron chi connectivity index (χ3n) is 8.84. The van der Waals surface area contributed by atoms with Crippen LogP contribution in [0, 0.1) is 25.2 Å². The van der Waals surface area contributed by atoms with Gasteiger partial charge in [-0.1, -0.05) is 6.92 Å². The van der Waals surface area contributed by atoms with Crippen LogP contribution in [-0.2, 0) is 16.1 Å². The average molecular weight is 584 g/mol. The minimum atomic E-state index is -0.800. The number of carbonyl (C=O) groups excluding carboxylic acids is 3. The molecule has 9 nitrogen and oxygen atoms in total. The summed E-state index contributed by atoms with van der Waals surface area (Å²) in [6.45, 7) is 9.18. The number of hydrogen-bond donors (Lipinski definition) is 1. The molecule has 0 radical (unpaired) electrons. The predicted octanol–water partition coefficient (Wildman–Crippen LogP) is 4.39. The highest BCUT2D eigenvalue weighted by molar-refractivity contribution is 6.51. The Kier molecular flexibility index (Phi) is 6.27. The smallest absolute Gasteiger partial charge is 0.245 e. The number of rotatable bonds is 7. The van der Waals surface area contributed by atoms with Gasteiger partial charge in [0.05, 0.1) is 5.52 Å². The van der Waals surface area contributed by atoms with Crippen LogP contribution in [0.25, 0.3) is 22.0 Å². The Balaban J connectivity index is 1.29. The summed E-state index contributed by atoms with van der Waals surface area (Å²) < 4.78 is 0.806. The molecule has 0 bridgehead atoms. The topological polar surface area (TPSA) is 110 Å². The summed E-state index contributed by atoms with van der Waals surface area (Å²) in [5.74, 6) is 0.108. The number of nitrogens with one attached hydrogen (secondary N) is 1. The number of carbonyl (C=O) groups is 3. The van der Waals surface area contributed by atoms with Crippen molar-refractivity contribution < 1.29 is 14.4 Å². The molecule has 0 spiro atoms. The molecule has 3 aliphatic rings. The van der Waals surface area contributed by atoms with E-state index in [-0.39, 0.29) is 47.6 Å². The molecule has 1 unspecified atom stereocenters. The molecule has 1 aliphatic heterocycles. The second-order valence-corrected chi connectivity index (χ2v) is 13.6. The third-order valence-corrected chi connectivity index (χ3v) is 9.71. The van der Waals surface area contributed by atoms with Gasteiger partial charge in [0.2, 0.25) is 11.8 Å². The summed E-state index contributed by atoms with van der Waals surface area (Å²) in [7, 11) is 0. The SMILES string of the molecule is CC(=O)c1nn(CC(=O)N2[C@H](C(=O)NC(C)[C@H]3CC3(Cl)Cl)C[C@@]3(C)C[C@@H]23)c2c(C)cc(-c3cnc(C)nc3)cc12. The molecule has 11 heteroatoms. The maximum atomic E-state index is 13.8. The maximum Gasteiger partial charge on any atom is 0.245 e. The van der Waals surface area contributed by atoms with Crippen LogP contribution in [-0.4, -0.2) is 64.7 Å². The number of aromatic nitrogens is 4. The summed E-state index contributed by atoms with van der Waals surface area (Å²) >= 11 is 12.4. The van der Waals surface area contributed by atoms with Crippen LogP contribution in [0.5, 0.6) is 0 Å². The lowest BCUT2D eigenvalue weighted by atomic mass is 10.0. The van der Waals surface area contributed by atoms with Gasteiger partial charge in [0.1, 0.15) is 28.4 Å². The van der Waals surface area contributed by atoms with Crippen molar-refractivity contribution >= 4 is 51.7 Å². The molecule has 210 valence electrons. The second kappa shape index (κ2) is 9.24. The van der Waals surface area contributed by atoms with Gasteiger partial charge >= 0.3 is 0 Å². The van der Waals surface area contributed by atoms with E-state index in [1.54, 1.807) is 22.0 Å². The molecule has 6 rings (SSSR count). The van der Waals surface area contributed by atoms with Gasteiger partial charge in [-0.25, -0.2) is 9.97 Å². The number of alkyl halides is 2. The summed E-state index contributed by atoms with van der Waals surface area (Å²) in [5.41, 5.74) is 3.52. The zero-order valence-electron chi connectivity index (χ0n) is 23.2. The van der Waals surface area contributed by atoms with Crippen molar-refractivity contribution in [1.82, 2.24) is 30.0 Å². The number of fused-ring (bicyclic) bond motifs is 2. The Morgan fingerprint density at radius 1 is 1.10 bits per heavy atom. The Morgan fingerprint density at radius 3 is 2.40 bits per heavy atom. The standard InChI is InChI=1S/C29H32Cl2N6O3/c1-14-6-18(19-11-32-17(4)33-12-19)7-20-25(16(3)38)35-36(26(14)20)13-24(39)37-22(9-28(5)10-23(28)37)27(40)34-15(2)21-8-29(21,30)31/h6-7,11-12,15,21-23H,8-10,13H2,1-5H3,(H,34,40)/t15?,21-,22+,23-,28+/m1/s1. The van der Waals surface area contributed by atoms with Crippen LogP contribution in [0.2, 0.25) is 0 Å². The third kappa shape index (κ3) is 4.57. The van der Waals surface area contributed by atoms with E-state index in [0.29, 0.717) is 29.7 Å². The number of hydrogen-bond acceptors (Lipinski definition) is 6. The van der Waals surface area contributed by atoms with E-state index in [9.17, 15) is 14.4 Å². The maximum absolute atomic E-state index is 13.8. The van der Waals surface area contributed by atoms with Crippen LogP contribution in [0.15, 0.2) is 24.5 Å². The van der Waals surface area contributed by atoms with Crippen molar-refractivity contribution in [2.24, 2.45) is 11.3 Å². The number of nitrogens with zero attached hydrogens (tertiary/aromatic N) is 5. The summed E-state index contributed by atoms with van der Waals surface area (Å²) in [4.78, 5) is 50.1. The Morgan fingerprint density at radius 2 is 1.77 bits per heavy atom. The molecule has 2 aliphatic carbocycles. The second-order valence-electron chi connectivity index (χ2n) is 12.0. The molecule has 2 saturated carbocycles. The van der Waals surface area contributed by atoms with Gasteiger partial charge in [-0.15, -0.1) is 23.2 Å². The van der Waals surface area contributed by atoms with E-state index < -0.39 is 10.4 Å². The molecular weight excluding hydrogens is 551 g/mol. The number of amides is 2. The first-order chi connectivity index (χ1) is 18.8. The van der Waals surface area contributed by atoms with Crippen molar-refractivity contribution in [3.8, 4) is 11.1 Å². The number of aryl methyl sites for hydroxylation is 2. The molecule has 5 atom stereocenters. The lowest BCUT2D eigenvalue weighted by Crippen LogP contribution is -2.51. The number of benzene rings is 1. The quantitative estimate of drug-likeness (QED) is 0.327. The lowest BCUT2D eigenvalue weighted by Gasteiger charge is -2.28. The number of likely N-dealkylation sites (tertiary alicyclic amines) is 1. The van der Waals surface area contributed by atoms with Crippen LogP contribution >= 0.6 is 23.2 Å². The monoisotopic (exact) mass is 582 g/mol. The summed E-state index contributed by atoms with van der Waals surface area (Å²) in [6, 6.07) is 3.14. The molecule has 3 heterocycles. The predicted molar refractivity (Wildman–Crippen MR) is 152 cm³/mol. The minimum absolute atomic E-state index is 0.00441. The molecule has 2 aromatic heterocycles. The summed E-state index contributed by atoms with van der Waals surface area (Å²) in [6.07, 6.45) is 5.61. The highest BCUT2D eigenvalue weighted by Crippen LogP contribution is 2.59. The van der Waals surface area contributed by atoms with E-state index in [0.717, 1.165) is 28.6 Å². The molecule has 1 saturated heterocycles.